The van der Waals surface area contributed by atoms with Gasteiger partial charge in [0.15, 0.2) is 0 Å². The van der Waals surface area contributed by atoms with Crippen molar-refractivity contribution in [2.75, 3.05) is 5.73 Å². The Bertz CT molecular complexity index is 501. The molecule has 108 valence electrons. The van der Waals surface area contributed by atoms with Crippen LogP contribution in [-0.2, 0) is 11.3 Å². The molecule has 0 radical (unpaired) electrons. The predicted molar refractivity (Wildman–Crippen MR) is 80.9 cm³/mol. The van der Waals surface area contributed by atoms with Crippen LogP contribution in [0, 0.1) is 17.8 Å². The molecule has 1 amide bonds. The van der Waals surface area contributed by atoms with E-state index >= 15 is 0 Å². The first-order valence-electron chi connectivity index (χ1n) is 7.70. The SMILES string of the molecule is CC(C)N(Cc1ccccc1N)C(=O)C1CC2CC2C1. The molecule has 0 saturated heterocycles. The smallest absolute Gasteiger partial charge is 0.226 e. The summed E-state index contributed by atoms with van der Waals surface area (Å²) in [7, 11) is 0. The second kappa shape index (κ2) is 5.12. The number of para-hydroxylation sites is 1. The second-order valence-corrected chi connectivity index (χ2v) is 6.68. The number of benzene rings is 1. The molecule has 2 fully saturated rings. The van der Waals surface area contributed by atoms with Gasteiger partial charge in [0.2, 0.25) is 5.91 Å². The Kier molecular flexibility index (Phi) is 3.45. The molecule has 1 aromatic carbocycles. The lowest BCUT2D eigenvalue weighted by Crippen LogP contribution is -2.40. The zero-order valence-corrected chi connectivity index (χ0v) is 12.4. The van der Waals surface area contributed by atoms with Crippen molar-refractivity contribution in [1.82, 2.24) is 4.90 Å². The molecule has 0 heterocycles. The van der Waals surface area contributed by atoms with E-state index in [1.54, 1.807) is 0 Å². The maximum Gasteiger partial charge on any atom is 0.226 e. The van der Waals surface area contributed by atoms with Crippen LogP contribution in [0.4, 0.5) is 5.69 Å². The lowest BCUT2D eigenvalue weighted by atomic mass is 10.0. The minimum atomic E-state index is 0.221. The monoisotopic (exact) mass is 272 g/mol. The van der Waals surface area contributed by atoms with E-state index in [9.17, 15) is 4.79 Å². The number of hydrogen-bond acceptors (Lipinski definition) is 2. The van der Waals surface area contributed by atoms with Crippen molar-refractivity contribution in [2.24, 2.45) is 17.8 Å². The average molecular weight is 272 g/mol. The summed E-state index contributed by atoms with van der Waals surface area (Å²) >= 11 is 0. The number of hydrogen-bond donors (Lipinski definition) is 1. The fourth-order valence-corrected chi connectivity index (χ4v) is 3.53. The summed E-state index contributed by atoms with van der Waals surface area (Å²) in [5, 5.41) is 0. The Morgan fingerprint density at radius 2 is 1.90 bits per heavy atom. The first-order valence-corrected chi connectivity index (χ1v) is 7.70. The third-order valence-corrected chi connectivity index (χ3v) is 4.90. The third kappa shape index (κ3) is 2.54. The Hall–Kier alpha value is -1.51. The number of anilines is 1. The molecule has 0 bridgehead atoms. The maximum atomic E-state index is 12.8. The number of fused-ring (bicyclic) bond motifs is 1. The van der Waals surface area contributed by atoms with Gasteiger partial charge in [-0.2, -0.15) is 0 Å². The van der Waals surface area contributed by atoms with Gasteiger partial charge in [-0.3, -0.25) is 4.79 Å². The number of amides is 1. The van der Waals surface area contributed by atoms with Gasteiger partial charge in [-0.1, -0.05) is 18.2 Å². The molecule has 0 spiro atoms. The fraction of sp³-hybridized carbons (Fsp3) is 0.588. The number of nitrogens with two attached hydrogens (primary N) is 1. The molecule has 3 rings (SSSR count). The van der Waals surface area contributed by atoms with Crippen LogP contribution in [0.15, 0.2) is 24.3 Å². The first-order chi connectivity index (χ1) is 9.56. The van der Waals surface area contributed by atoms with E-state index in [1.807, 2.05) is 29.2 Å². The van der Waals surface area contributed by atoms with E-state index < -0.39 is 0 Å². The molecule has 2 atom stereocenters. The highest BCUT2D eigenvalue weighted by Gasteiger charge is 2.48. The zero-order valence-electron chi connectivity index (χ0n) is 12.4. The normalized spacial score (nSPS) is 27.4. The first kappa shape index (κ1) is 13.5. The van der Waals surface area contributed by atoms with Crippen molar-refractivity contribution < 1.29 is 4.79 Å². The van der Waals surface area contributed by atoms with Gasteiger partial charge in [-0.15, -0.1) is 0 Å². The Labute approximate surface area is 121 Å². The van der Waals surface area contributed by atoms with Crippen molar-refractivity contribution in [1.29, 1.82) is 0 Å². The minimum Gasteiger partial charge on any atom is -0.398 e. The van der Waals surface area contributed by atoms with Crippen LogP contribution in [-0.4, -0.2) is 16.8 Å². The largest absolute Gasteiger partial charge is 0.398 e. The Morgan fingerprint density at radius 3 is 2.50 bits per heavy atom. The van der Waals surface area contributed by atoms with E-state index in [4.69, 9.17) is 5.73 Å². The number of nitrogen functional groups attached to an aromatic ring is 1. The quantitative estimate of drug-likeness (QED) is 0.856. The van der Waals surface area contributed by atoms with Gasteiger partial charge in [-0.25, -0.2) is 0 Å². The number of nitrogens with zero attached hydrogens (tertiary/aromatic N) is 1. The topological polar surface area (TPSA) is 46.3 Å². The van der Waals surface area contributed by atoms with E-state index in [-0.39, 0.29) is 12.0 Å². The van der Waals surface area contributed by atoms with E-state index in [1.165, 1.54) is 6.42 Å². The Balaban J connectivity index is 1.72. The molecule has 2 unspecified atom stereocenters. The standard InChI is InChI=1S/C17H24N2O/c1-11(2)19(10-12-5-3-4-6-16(12)18)17(20)15-8-13-7-14(13)9-15/h3-6,11,13-15H,7-10,18H2,1-2H3. The summed E-state index contributed by atoms with van der Waals surface area (Å²) in [5.41, 5.74) is 7.85. The van der Waals surface area contributed by atoms with Crippen molar-refractivity contribution >= 4 is 11.6 Å². The van der Waals surface area contributed by atoms with Gasteiger partial charge >= 0.3 is 0 Å². The fourth-order valence-electron chi connectivity index (χ4n) is 3.53. The van der Waals surface area contributed by atoms with Crippen LogP contribution in [0.3, 0.4) is 0 Å². The van der Waals surface area contributed by atoms with Crippen LogP contribution in [0.25, 0.3) is 0 Å². The maximum absolute atomic E-state index is 12.8. The van der Waals surface area contributed by atoms with Gasteiger partial charge in [0.05, 0.1) is 0 Å². The minimum absolute atomic E-state index is 0.221. The van der Waals surface area contributed by atoms with Gasteiger partial charge < -0.3 is 10.6 Å². The molecular weight excluding hydrogens is 248 g/mol. The molecule has 2 saturated carbocycles. The van der Waals surface area contributed by atoms with Crippen molar-refractivity contribution in [3.05, 3.63) is 29.8 Å². The number of carbonyl (C=O) groups excluding carboxylic acids is 1. The van der Waals surface area contributed by atoms with Crippen molar-refractivity contribution in [2.45, 2.75) is 45.7 Å². The van der Waals surface area contributed by atoms with Crippen LogP contribution in [0.1, 0.15) is 38.7 Å². The summed E-state index contributed by atoms with van der Waals surface area (Å²) in [6.45, 7) is 4.81. The number of carbonyl (C=O) groups is 1. The van der Waals surface area contributed by atoms with Crippen LogP contribution in [0.5, 0.6) is 0 Å². The molecule has 2 aliphatic rings. The molecule has 1 aromatic rings. The molecule has 20 heavy (non-hydrogen) atoms. The van der Waals surface area contributed by atoms with Crippen molar-refractivity contribution in [3.63, 3.8) is 0 Å². The van der Waals surface area contributed by atoms with Gasteiger partial charge in [0.1, 0.15) is 0 Å². The molecule has 3 heteroatoms. The van der Waals surface area contributed by atoms with E-state index in [0.29, 0.717) is 12.5 Å². The van der Waals surface area contributed by atoms with Gasteiger partial charge in [0.25, 0.3) is 0 Å². The second-order valence-electron chi connectivity index (χ2n) is 6.68. The molecule has 3 nitrogen and oxygen atoms in total. The summed E-state index contributed by atoms with van der Waals surface area (Å²) in [5.74, 6) is 2.28. The van der Waals surface area contributed by atoms with Crippen LogP contribution >= 0.6 is 0 Å². The lowest BCUT2D eigenvalue weighted by molar-refractivity contribution is -0.138. The molecule has 2 N–H and O–H groups in total. The Morgan fingerprint density at radius 1 is 1.25 bits per heavy atom. The van der Waals surface area contributed by atoms with Crippen molar-refractivity contribution in [3.8, 4) is 0 Å². The summed E-state index contributed by atoms with van der Waals surface area (Å²) in [6.07, 6.45) is 3.57. The highest BCUT2D eigenvalue weighted by molar-refractivity contribution is 5.80. The van der Waals surface area contributed by atoms with E-state index in [2.05, 4.69) is 13.8 Å². The van der Waals surface area contributed by atoms with Gasteiger partial charge in [0, 0.05) is 24.2 Å². The average Bonchev–Trinajstić information content (AvgIpc) is 3.03. The summed E-state index contributed by atoms with van der Waals surface area (Å²) in [4.78, 5) is 14.8. The zero-order chi connectivity index (χ0) is 14.3. The summed E-state index contributed by atoms with van der Waals surface area (Å²) in [6, 6.07) is 8.07. The van der Waals surface area contributed by atoms with Crippen LogP contribution in [0.2, 0.25) is 0 Å². The lowest BCUT2D eigenvalue weighted by Gasteiger charge is -2.30. The highest BCUT2D eigenvalue weighted by atomic mass is 16.2. The molecule has 2 aliphatic carbocycles. The number of rotatable bonds is 4. The van der Waals surface area contributed by atoms with E-state index in [0.717, 1.165) is 35.9 Å². The third-order valence-electron chi connectivity index (χ3n) is 4.90. The molecule has 0 aliphatic heterocycles. The summed E-state index contributed by atoms with van der Waals surface area (Å²) < 4.78 is 0. The van der Waals surface area contributed by atoms with Gasteiger partial charge in [-0.05, 0) is 56.6 Å². The molecular formula is C17H24N2O. The molecule has 0 aromatic heterocycles. The highest BCUT2D eigenvalue weighted by Crippen LogP contribution is 2.54. The van der Waals surface area contributed by atoms with Crippen LogP contribution < -0.4 is 5.73 Å². The predicted octanol–water partition coefficient (Wildman–Crippen LogP) is 3.05.